The molecule has 0 saturated carbocycles. The molecule has 0 aliphatic rings. The van der Waals surface area contributed by atoms with E-state index in [1.54, 1.807) is 11.3 Å². The van der Waals surface area contributed by atoms with Crippen LogP contribution in [0.5, 0.6) is 0 Å². The molecule has 1 aromatic heterocycles. The predicted octanol–water partition coefficient (Wildman–Crippen LogP) is 2.69. The van der Waals surface area contributed by atoms with Crippen LogP contribution >= 0.6 is 22.9 Å². The van der Waals surface area contributed by atoms with E-state index < -0.39 is 0 Å². The average molecular weight is 262 g/mol. The van der Waals surface area contributed by atoms with Crippen LogP contribution in [0.1, 0.15) is 18.2 Å². The van der Waals surface area contributed by atoms with Crippen molar-refractivity contribution in [1.29, 1.82) is 0 Å². The van der Waals surface area contributed by atoms with Crippen molar-refractivity contribution in [1.82, 2.24) is 5.32 Å². The van der Waals surface area contributed by atoms with Gasteiger partial charge in [-0.15, -0.1) is 11.3 Å². The van der Waals surface area contributed by atoms with Crippen LogP contribution in [0, 0.1) is 5.92 Å². The minimum Gasteiger partial charge on any atom is -0.469 e. The van der Waals surface area contributed by atoms with Gasteiger partial charge >= 0.3 is 5.97 Å². The summed E-state index contributed by atoms with van der Waals surface area (Å²) in [7, 11) is 1.42. The van der Waals surface area contributed by atoms with Crippen molar-refractivity contribution in [3.63, 3.8) is 0 Å². The molecule has 0 spiro atoms. The van der Waals surface area contributed by atoms with E-state index in [0.29, 0.717) is 6.54 Å². The third-order valence-electron chi connectivity index (χ3n) is 2.35. The first-order chi connectivity index (χ1) is 7.67. The number of hydrogen-bond donors (Lipinski definition) is 1. The highest BCUT2D eigenvalue weighted by molar-refractivity contribution is 7.16. The van der Waals surface area contributed by atoms with E-state index in [2.05, 4.69) is 5.32 Å². The molecule has 16 heavy (non-hydrogen) atoms. The lowest BCUT2D eigenvalue weighted by molar-refractivity contribution is -0.145. The zero-order chi connectivity index (χ0) is 12.0. The first-order valence-corrected chi connectivity index (χ1v) is 6.39. The van der Waals surface area contributed by atoms with E-state index in [4.69, 9.17) is 16.3 Å². The summed E-state index contributed by atoms with van der Waals surface area (Å²) in [6, 6.07) is 3.86. The number of carbonyl (C=O) groups is 1. The molecule has 0 aliphatic heterocycles. The number of methoxy groups -OCH3 is 1. The van der Waals surface area contributed by atoms with Gasteiger partial charge in [0.15, 0.2) is 0 Å². The lowest BCUT2D eigenvalue weighted by atomic mass is 10.1. The second-order valence-corrected chi connectivity index (χ2v) is 5.26. The molecule has 0 amide bonds. The highest BCUT2D eigenvalue weighted by atomic mass is 35.5. The van der Waals surface area contributed by atoms with Gasteiger partial charge < -0.3 is 10.1 Å². The van der Waals surface area contributed by atoms with Crippen molar-refractivity contribution in [3.8, 4) is 0 Å². The van der Waals surface area contributed by atoms with Crippen LogP contribution in [-0.4, -0.2) is 19.6 Å². The first-order valence-electron chi connectivity index (χ1n) is 5.20. The topological polar surface area (TPSA) is 38.3 Å². The fourth-order valence-electron chi connectivity index (χ4n) is 1.38. The maximum Gasteiger partial charge on any atom is 0.309 e. The summed E-state index contributed by atoms with van der Waals surface area (Å²) in [5.41, 5.74) is 0. The molecule has 0 aliphatic carbocycles. The number of rotatable bonds is 6. The van der Waals surface area contributed by atoms with Gasteiger partial charge in [0, 0.05) is 18.0 Å². The third-order valence-corrected chi connectivity index (χ3v) is 3.58. The van der Waals surface area contributed by atoms with Crippen molar-refractivity contribution >= 4 is 28.9 Å². The molecule has 1 aromatic rings. The minimum absolute atomic E-state index is 0.0690. The van der Waals surface area contributed by atoms with Crippen molar-refractivity contribution in [3.05, 3.63) is 21.3 Å². The molecule has 5 heteroatoms. The molecule has 0 bridgehead atoms. The van der Waals surface area contributed by atoms with E-state index in [1.165, 1.54) is 12.0 Å². The van der Waals surface area contributed by atoms with Crippen LogP contribution in [0.2, 0.25) is 4.34 Å². The van der Waals surface area contributed by atoms with Crippen LogP contribution in [0.4, 0.5) is 0 Å². The standard InChI is InChI=1S/C11H16ClNO2S/c1-3-8(11(14)15-2)6-13-7-9-4-5-10(12)16-9/h4-5,8,13H,3,6-7H2,1-2H3. The molecule has 0 fully saturated rings. The zero-order valence-electron chi connectivity index (χ0n) is 9.46. The van der Waals surface area contributed by atoms with Crippen molar-refractivity contribution in [2.45, 2.75) is 19.9 Å². The molecule has 90 valence electrons. The van der Waals surface area contributed by atoms with Gasteiger partial charge in [-0.1, -0.05) is 18.5 Å². The van der Waals surface area contributed by atoms with Gasteiger partial charge in [0.05, 0.1) is 17.4 Å². The number of nitrogens with one attached hydrogen (secondary N) is 1. The minimum atomic E-state index is -0.154. The first kappa shape index (κ1) is 13.5. The third kappa shape index (κ3) is 4.12. The zero-order valence-corrected chi connectivity index (χ0v) is 11.0. The van der Waals surface area contributed by atoms with E-state index in [-0.39, 0.29) is 11.9 Å². The quantitative estimate of drug-likeness (QED) is 0.801. The smallest absolute Gasteiger partial charge is 0.309 e. The summed E-state index contributed by atoms with van der Waals surface area (Å²) in [5, 5.41) is 3.23. The number of hydrogen-bond acceptors (Lipinski definition) is 4. The lowest BCUT2D eigenvalue weighted by Gasteiger charge is -2.12. The summed E-state index contributed by atoms with van der Waals surface area (Å²) in [6.07, 6.45) is 0.783. The number of esters is 1. The Morgan fingerprint density at radius 1 is 1.62 bits per heavy atom. The molecule has 1 heterocycles. The summed E-state index contributed by atoms with van der Waals surface area (Å²) < 4.78 is 5.50. The van der Waals surface area contributed by atoms with Gasteiger partial charge in [-0.25, -0.2) is 0 Å². The Hall–Kier alpha value is -0.580. The molecule has 1 atom stereocenters. The van der Waals surface area contributed by atoms with Gasteiger partial charge in [0.25, 0.3) is 0 Å². The summed E-state index contributed by atoms with van der Waals surface area (Å²) in [4.78, 5) is 12.5. The largest absolute Gasteiger partial charge is 0.469 e. The van der Waals surface area contributed by atoms with Crippen LogP contribution in [-0.2, 0) is 16.1 Å². The Balaban J connectivity index is 2.31. The lowest BCUT2D eigenvalue weighted by Crippen LogP contribution is -2.28. The molecule has 1 rings (SSSR count). The van der Waals surface area contributed by atoms with Crippen molar-refractivity contribution < 1.29 is 9.53 Å². The van der Waals surface area contributed by atoms with Crippen LogP contribution in [0.25, 0.3) is 0 Å². The molecule has 0 aromatic carbocycles. The number of carbonyl (C=O) groups excluding carboxylic acids is 1. The normalized spacial score (nSPS) is 12.4. The fraction of sp³-hybridized carbons (Fsp3) is 0.545. The van der Waals surface area contributed by atoms with Crippen LogP contribution < -0.4 is 5.32 Å². The Bertz CT molecular complexity index is 340. The Morgan fingerprint density at radius 3 is 2.88 bits per heavy atom. The molecule has 0 radical (unpaired) electrons. The number of ether oxygens (including phenoxy) is 1. The highest BCUT2D eigenvalue weighted by Crippen LogP contribution is 2.21. The average Bonchev–Trinajstić information content (AvgIpc) is 2.69. The fourth-order valence-corrected chi connectivity index (χ4v) is 2.43. The van der Waals surface area contributed by atoms with E-state index in [9.17, 15) is 4.79 Å². The molecular formula is C11H16ClNO2S. The van der Waals surface area contributed by atoms with Gasteiger partial charge in [0.2, 0.25) is 0 Å². The molecule has 1 unspecified atom stereocenters. The molecule has 1 N–H and O–H groups in total. The maximum absolute atomic E-state index is 11.3. The summed E-state index contributed by atoms with van der Waals surface area (Å²) in [6.45, 7) is 3.36. The molecule has 0 saturated heterocycles. The van der Waals surface area contributed by atoms with E-state index >= 15 is 0 Å². The second-order valence-electron chi connectivity index (χ2n) is 3.47. The molecule has 3 nitrogen and oxygen atoms in total. The van der Waals surface area contributed by atoms with E-state index in [1.807, 2.05) is 19.1 Å². The monoisotopic (exact) mass is 261 g/mol. The van der Waals surface area contributed by atoms with Gasteiger partial charge in [0.1, 0.15) is 0 Å². The second kappa shape index (κ2) is 6.89. The maximum atomic E-state index is 11.3. The molecular weight excluding hydrogens is 246 g/mol. The van der Waals surface area contributed by atoms with Crippen molar-refractivity contribution in [2.75, 3.05) is 13.7 Å². The Labute approximate surface area is 105 Å². The van der Waals surface area contributed by atoms with Crippen LogP contribution in [0.15, 0.2) is 12.1 Å². The van der Waals surface area contributed by atoms with Gasteiger partial charge in [-0.05, 0) is 18.6 Å². The van der Waals surface area contributed by atoms with Gasteiger partial charge in [-0.2, -0.15) is 0 Å². The number of halogens is 1. The Morgan fingerprint density at radius 2 is 2.38 bits per heavy atom. The van der Waals surface area contributed by atoms with Crippen LogP contribution in [0.3, 0.4) is 0 Å². The summed E-state index contributed by atoms with van der Waals surface area (Å²) >= 11 is 7.37. The SMILES string of the molecule is CCC(CNCc1ccc(Cl)s1)C(=O)OC. The van der Waals surface area contributed by atoms with E-state index in [0.717, 1.165) is 17.3 Å². The predicted molar refractivity (Wildman–Crippen MR) is 66.8 cm³/mol. The van der Waals surface area contributed by atoms with Gasteiger partial charge in [-0.3, -0.25) is 4.79 Å². The van der Waals surface area contributed by atoms with Crippen molar-refractivity contribution in [2.24, 2.45) is 5.92 Å². The summed E-state index contributed by atoms with van der Waals surface area (Å²) in [5.74, 6) is -0.223. The Kier molecular flexibility index (Phi) is 5.80. The highest BCUT2D eigenvalue weighted by Gasteiger charge is 2.15. The number of thiophene rings is 1.